The minimum Gasteiger partial charge on any atom is -0.277 e. The number of hydrogen-bond donors (Lipinski definition) is 1. The van der Waals surface area contributed by atoms with Gasteiger partial charge in [-0.3, -0.25) is 14.9 Å². The number of benzene rings is 1. The zero-order valence-corrected chi connectivity index (χ0v) is 10.3. The summed E-state index contributed by atoms with van der Waals surface area (Å²) < 4.78 is 0. The number of nitrogens with one attached hydrogen (secondary N) is 1. The van der Waals surface area contributed by atoms with Crippen LogP contribution in [0.3, 0.4) is 0 Å². The number of barbiturate groups is 1. The van der Waals surface area contributed by atoms with Gasteiger partial charge in [0.2, 0.25) is 11.8 Å². The Hall–Kier alpha value is -2.17. The molecule has 1 aliphatic heterocycles. The number of amides is 4. The zero-order chi connectivity index (χ0) is 13.3. The first kappa shape index (κ1) is 12.3. The van der Waals surface area contributed by atoms with Crippen LogP contribution in [0, 0.1) is 6.92 Å². The normalized spacial score (nSPS) is 15.9. The maximum atomic E-state index is 11.9. The van der Waals surface area contributed by atoms with Crippen LogP contribution in [0.25, 0.3) is 0 Å². The van der Waals surface area contributed by atoms with Crippen molar-refractivity contribution in [1.29, 1.82) is 0 Å². The van der Waals surface area contributed by atoms with E-state index in [1.807, 2.05) is 32.0 Å². The van der Waals surface area contributed by atoms with Crippen molar-refractivity contribution in [2.24, 2.45) is 0 Å². The molecule has 0 aliphatic carbocycles. The van der Waals surface area contributed by atoms with Gasteiger partial charge in [0.1, 0.15) is 6.42 Å². The molecule has 18 heavy (non-hydrogen) atoms. The molecule has 1 fully saturated rings. The van der Waals surface area contributed by atoms with Crippen LogP contribution in [-0.4, -0.2) is 17.8 Å². The Morgan fingerprint density at radius 1 is 1.28 bits per heavy atom. The minimum absolute atomic E-state index is 0.288. The van der Waals surface area contributed by atoms with Crippen LogP contribution in [0.2, 0.25) is 0 Å². The van der Waals surface area contributed by atoms with Gasteiger partial charge in [-0.25, -0.2) is 9.69 Å². The molecule has 0 aromatic heterocycles. The molecule has 1 heterocycles. The third-order valence-corrected chi connectivity index (χ3v) is 2.94. The van der Waals surface area contributed by atoms with E-state index in [2.05, 4.69) is 5.32 Å². The van der Waals surface area contributed by atoms with Crippen LogP contribution in [0.15, 0.2) is 18.2 Å². The summed E-state index contributed by atoms with van der Waals surface area (Å²) in [5, 5.41) is 2.16. The number of nitrogens with zero attached hydrogens (tertiary/aromatic N) is 1. The van der Waals surface area contributed by atoms with E-state index in [1.54, 1.807) is 0 Å². The number of urea groups is 1. The maximum absolute atomic E-state index is 11.9. The van der Waals surface area contributed by atoms with E-state index in [-0.39, 0.29) is 6.42 Å². The van der Waals surface area contributed by atoms with Crippen LogP contribution in [0.4, 0.5) is 10.5 Å². The molecule has 0 bridgehead atoms. The predicted molar refractivity (Wildman–Crippen MR) is 66.2 cm³/mol. The Morgan fingerprint density at radius 2 is 2.00 bits per heavy atom. The maximum Gasteiger partial charge on any atom is 0.335 e. The van der Waals surface area contributed by atoms with Gasteiger partial charge in [-0.05, 0) is 24.5 Å². The molecule has 0 atom stereocenters. The smallest absolute Gasteiger partial charge is 0.277 e. The van der Waals surface area contributed by atoms with Gasteiger partial charge < -0.3 is 0 Å². The second kappa shape index (κ2) is 4.60. The van der Waals surface area contributed by atoms with Gasteiger partial charge in [-0.1, -0.05) is 25.1 Å². The number of imide groups is 2. The largest absolute Gasteiger partial charge is 0.335 e. The van der Waals surface area contributed by atoms with Gasteiger partial charge in [0.15, 0.2) is 0 Å². The number of rotatable bonds is 2. The number of anilines is 1. The number of carbonyl (C=O) groups excluding carboxylic acids is 3. The Labute approximate surface area is 105 Å². The van der Waals surface area contributed by atoms with Crippen LogP contribution in [-0.2, 0) is 16.0 Å². The van der Waals surface area contributed by atoms with Gasteiger partial charge in [-0.15, -0.1) is 0 Å². The summed E-state index contributed by atoms with van der Waals surface area (Å²) in [6, 6.07) is 4.93. The summed E-state index contributed by atoms with van der Waals surface area (Å²) in [5.41, 5.74) is 2.34. The molecule has 4 amide bonds. The summed E-state index contributed by atoms with van der Waals surface area (Å²) in [6.07, 6.45) is 0.422. The zero-order valence-electron chi connectivity index (χ0n) is 10.3. The number of aryl methyl sites for hydroxylation is 2. The van der Waals surface area contributed by atoms with Gasteiger partial charge in [-0.2, -0.15) is 0 Å². The fourth-order valence-corrected chi connectivity index (χ4v) is 2.10. The fraction of sp³-hybridized carbons (Fsp3) is 0.308. The molecule has 1 aromatic carbocycles. The highest BCUT2D eigenvalue weighted by Gasteiger charge is 2.33. The van der Waals surface area contributed by atoms with E-state index in [0.29, 0.717) is 12.1 Å². The average molecular weight is 246 g/mol. The number of carbonyl (C=O) groups is 3. The Kier molecular flexibility index (Phi) is 3.14. The summed E-state index contributed by atoms with van der Waals surface area (Å²) in [6.45, 7) is 3.79. The Morgan fingerprint density at radius 3 is 2.61 bits per heavy atom. The van der Waals surface area contributed by atoms with Crippen molar-refractivity contribution < 1.29 is 14.4 Å². The fourth-order valence-electron chi connectivity index (χ4n) is 2.10. The first-order valence-electron chi connectivity index (χ1n) is 5.79. The highest BCUT2D eigenvalue weighted by Crippen LogP contribution is 2.27. The van der Waals surface area contributed by atoms with E-state index in [4.69, 9.17) is 0 Å². The number of para-hydroxylation sites is 1. The van der Waals surface area contributed by atoms with Crippen LogP contribution in [0.5, 0.6) is 0 Å². The molecule has 1 aromatic rings. The lowest BCUT2D eigenvalue weighted by Gasteiger charge is -2.27. The van der Waals surface area contributed by atoms with Crippen molar-refractivity contribution in [2.45, 2.75) is 26.7 Å². The van der Waals surface area contributed by atoms with E-state index in [9.17, 15) is 14.4 Å². The van der Waals surface area contributed by atoms with Crippen molar-refractivity contribution in [3.05, 3.63) is 29.3 Å². The molecule has 0 unspecified atom stereocenters. The molecule has 2 rings (SSSR count). The summed E-state index contributed by atoms with van der Waals surface area (Å²) in [7, 11) is 0. The van der Waals surface area contributed by atoms with Gasteiger partial charge in [0, 0.05) is 0 Å². The summed E-state index contributed by atoms with van der Waals surface area (Å²) in [4.78, 5) is 35.9. The van der Waals surface area contributed by atoms with Gasteiger partial charge in [0.25, 0.3) is 0 Å². The van der Waals surface area contributed by atoms with E-state index < -0.39 is 17.8 Å². The van der Waals surface area contributed by atoms with Crippen molar-refractivity contribution in [2.75, 3.05) is 4.90 Å². The van der Waals surface area contributed by atoms with Crippen LogP contribution < -0.4 is 10.2 Å². The van der Waals surface area contributed by atoms with Gasteiger partial charge in [0.05, 0.1) is 5.69 Å². The van der Waals surface area contributed by atoms with E-state index in [0.717, 1.165) is 16.0 Å². The lowest BCUT2D eigenvalue weighted by molar-refractivity contribution is -0.128. The SMILES string of the molecule is CCc1cccc(C)c1N1C(=O)CC(=O)NC1=O. The molecule has 0 saturated carbocycles. The monoisotopic (exact) mass is 246 g/mol. The van der Waals surface area contributed by atoms with Crippen molar-refractivity contribution >= 4 is 23.5 Å². The third-order valence-electron chi connectivity index (χ3n) is 2.94. The molecule has 0 radical (unpaired) electrons. The van der Waals surface area contributed by atoms with E-state index in [1.165, 1.54) is 0 Å². The minimum atomic E-state index is -0.666. The molecule has 0 spiro atoms. The van der Waals surface area contributed by atoms with Crippen molar-refractivity contribution in [1.82, 2.24) is 5.32 Å². The molecule has 5 heteroatoms. The van der Waals surface area contributed by atoms with Crippen molar-refractivity contribution in [3.63, 3.8) is 0 Å². The lowest BCUT2D eigenvalue weighted by atomic mass is 10.0. The molecular weight excluding hydrogens is 232 g/mol. The van der Waals surface area contributed by atoms with Gasteiger partial charge >= 0.3 is 6.03 Å². The Balaban J connectivity index is 2.51. The quantitative estimate of drug-likeness (QED) is 0.805. The molecule has 5 nitrogen and oxygen atoms in total. The first-order valence-corrected chi connectivity index (χ1v) is 5.79. The summed E-state index contributed by atoms with van der Waals surface area (Å²) >= 11 is 0. The second-order valence-electron chi connectivity index (χ2n) is 4.20. The average Bonchev–Trinajstić information content (AvgIpc) is 2.29. The molecule has 1 N–H and O–H groups in total. The molecular formula is C13H14N2O3. The first-order chi connectivity index (χ1) is 8.54. The molecule has 1 saturated heterocycles. The molecule has 94 valence electrons. The van der Waals surface area contributed by atoms with Crippen molar-refractivity contribution in [3.8, 4) is 0 Å². The standard InChI is InChI=1S/C13H14N2O3/c1-3-9-6-4-5-8(2)12(9)15-11(17)7-10(16)14-13(15)18/h4-6H,3,7H2,1-2H3,(H,14,16,18). The predicted octanol–water partition coefficient (Wildman–Crippen LogP) is 1.53. The second-order valence-corrected chi connectivity index (χ2v) is 4.20. The molecule has 1 aliphatic rings. The van der Waals surface area contributed by atoms with E-state index >= 15 is 0 Å². The third kappa shape index (κ3) is 1.99. The lowest BCUT2D eigenvalue weighted by Crippen LogP contribution is -2.53. The van der Waals surface area contributed by atoms with Crippen LogP contribution >= 0.6 is 0 Å². The van der Waals surface area contributed by atoms with Crippen LogP contribution in [0.1, 0.15) is 24.5 Å². The number of hydrogen-bond acceptors (Lipinski definition) is 3. The highest BCUT2D eigenvalue weighted by molar-refractivity contribution is 6.26. The summed E-state index contributed by atoms with van der Waals surface area (Å²) in [5.74, 6) is -1.03. The Bertz CT molecular complexity index is 517. The topological polar surface area (TPSA) is 66.5 Å². The highest BCUT2D eigenvalue weighted by atomic mass is 16.2.